The molecule has 0 saturated heterocycles. The maximum Gasteiger partial charge on any atom is 0.253 e. The number of amides is 1. The van der Waals surface area contributed by atoms with Crippen LogP contribution in [0.4, 0.5) is 0 Å². The zero-order valence-electron chi connectivity index (χ0n) is 13.5. The minimum atomic E-state index is -0.0667. The van der Waals surface area contributed by atoms with Gasteiger partial charge < -0.3 is 9.88 Å². The molecule has 1 amide bonds. The number of carbonyl (C=O) groups excluding carboxylic acids is 1. The summed E-state index contributed by atoms with van der Waals surface area (Å²) in [5, 5.41) is 3.00. The Labute approximate surface area is 136 Å². The molecule has 1 aromatic heterocycles. The van der Waals surface area contributed by atoms with Crippen LogP contribution in [0.5, 0.6) is 0 Å². The summed E-state index contributed by atoms with van der Waals surface area (Å²) < 4.78 is 1.75. The molecule has 0 saturated carbocycles. The summed E-state index contributed by atoms with van der Waals surface area (Å²) in [5.74, 6) is -0.0667. The first-order chi connectivity index (χ1) is 11.2. The van der Waals surface area contributed by atoms with Gasteiger partial charge in [-0.1, -0.05) is 43.7 Å². The molecule has 0 spiro atoms. The molecule has 1 aliphatic heterocycles. The van der Waals surface area contributed by atoms with E-state index in [2.05, 4.69) is 12.2 Å². The summed E-state index contributed by atoms with van der Waals surface area (Å²) >= 11 is 0. The first-order valence-corrected chi connectivity index (χ1v) is 8.32. The molecule has 0 atom stereocenters. The fourth-order valence-corrected chi connectivity index (χ4v) is 3.17. The van der Waals surface area contributed by atoms with E-state index >= 15 is 0 Å². The highest BCUT2D eigenvalue weighted by atomic mass is 16.2. The molecule has 4 nitrogen and oxygen atoms in total. The van der Waals surface area contributed by atoms with Crippen molar-refractivity contribution in [3.05, 3.63) is 58.0 Å². The number of nitrogens with one attached hydrogen (secondary N) is 1. The molecule has 120 valence electrons. The quantitative estimate of drug-likeness (QED) is 0.863. The molecule has 1 aromatic carbocycles. The molecule has 2 heterocycles. The van der Waals surface area contributed by atoms with Crippen molar-refractivity contribution >= 4 is 5.91 Å². The van der Waals surface area contributed by atoms with Gasteiger partial charge in [-0.2, -0.15) is 0 Å². The van der Waals surface area contributed by atoms with Crippen LogP contribution in [0.15, 0.2) is 41.2 Å². The highest BCUT2D eigenvalue weighted by Gasteiger charge is 2.24. The minimum absolute atomic E-state index is 0.0125. The first-order valence-electron chi connectivity index (χ1n) is 8.32. The third-order valence-corrected chi connectivity index (χ3v) is 4.34. The second kappa shape index (κ2) is 6.82. The summed E-state index contributed by atoms with van der Waals surface area (Å²) in [7, 11) is 0. The lowest BCUT2D eigenvalue weighted by Gasteiger charge is -2.15. The van der Waals surface area contributed by atoms with Crippen molar-refractivity contribution in [2.45, 2.75) is 39.2 Å². The summed E-state index contributed by atoms with van der Waals surface area (Å²) in [6.07, 6.45) is 3.70. The molecule has 0 bridgehead atoms. The Balaban J connectivity index is 2.10. The van der Waals surface area contributed by atoms with Crippen LogP contribution in [-0.2, 0) is 13.0 Å². The molecule has 1 N–H and O–H groups in total. The number of pyridine rings is 1. The van der Waals surface area contributed by atoms with E-state index in [9.17, 15) is 9.59 Å². The van der Waals surface area contributed by atoms with Gasteiger partial charge in [-0.3, -0.25) is 9.59 Å². The number of rotatable bonds is 5. The van der Waals surface area contributed by atoms with E-state index in [0.29, 0.717) is 18.7 Å². The van der Waals surface area contributed by atoms with Crippen LogP contribution in [-0.4, -0.2) is 17.0 Å². The number of nitrogens with zero attached hydrogens (tertiary/aromatic N) is 1. The maximum atomic E-state index is 12.8. The number of fused-ring (bicyclic) bond motifs is 1. The van der Waals surface area contributed by atoms with Crippen molar-refractivity contribution in [2.75, 3.05) is 6.54 Å². The summed E-state index contributed by atoms with van der Waals surface area (Å²) in [4.78, 5) is 25.1. The molecule has 1 aliphatic rings. The number of aromatic nitrogens is 1. The van der Waals surface area contributed by atoms with E-state index in [1.807, 2.05) is 30.3 Å². The Morgan fingerprint density at radius 3 is 2.78 bits per heavy atom. The van der Waals surface area contributed by atoms with E-state index in [1.165, 1.54) is 0 Å². The van der Waals surface area contributed by atoms with Gasteiger partial charge in [0.05, 0.1) is 5.56 Å². The van der Waals surface area contributed by atoms with Gasteiger partial charge in [0, 0.05) is 30.4 Å². The summed E-state index contributed by atoms with van der Waals surface area (Å²) in [6.45, 7) is 3.47. The van der Waals surface area contributed by atoms with Crippen molar-refractivity contribution < 1.29 is 4.79 Å². The van der Waals surface area contributed by atoms with E-state index < -0.39 is 0 Å². The molecule has 0 radical (unpaired) electrons. The van der Waals surface area contributed by atoms with Gasteiger partial charge in [0.15, 0.2) is 0 Å². The van der Waals surface area contributed by atoms with Gasteiger partial charge in [0.1, 0.15) is 0 Å². The van der Waals surface area contributed by atoms with Gasteiger partial charge in [0.2, 0.25) is 0 Å². The van der Waals surface area contributed by atoms with Gasteiger partial charge in [-0.25, -0.2) is 0 Å². The highest BCUT2D eigenvalue weighted by Crippen LogP contribution is 2.28. The number of carbonyl (C=O) groups is 1. The Morgan fingerprint density at radius 2 is 2.04 bits per heavy atom. The van der Waals surface area contributed by atoms with Crippen LogP contribution in [0.1, 0.15) is 42.2 Å². The molecule has 4 heteroatoms. The van der Waals surface area contributed by atoms with Gasteiger partial charge in [-0.15, -0.1) is 0 Å². The fourth-order valence-electron chi connectivity index (χ4n) is 3.17. The normalized spacial score (nSPS) is 12.9. The van der Waals surface area contributed by atoms with Crippen molar-refractivity contribution in [3.8, 4) is 11.1 Å². The highest BCUT2D eigenvalue weighted by molar-refractivity contribution is 6.02. The number of hydrogen-bond donors (Lipinski definition) is 1. The lowest BCUT2D eigenvalue weighted by Crippen LogP contribution is -2.29. The molecule has 0 aliphatic carbocycles. The Kier molecular flexibility index (Phi) is 4.60. The Hall–Kier alpha value is -2.36. The van der Waals surface area contributed by atoms with E-state index in [4.69, 9.17) is 0 Å². The Morgan fingerprint density at radius 1 is 1.26 bits per heavy atom. The van der Waals surface area contributed by atoms with Crippen LogP contribution in [0.3, 0.4) is 0 Å². The van der Waals surface area contributed by atoms with Crippen molar-refractivity contribution in [1.29, 1.82) is 0 Å². The molecule has 2 aromatic rings. The third-order valence-electron chi connectivity index (χ3n) is 4.34. The van der Waals surface area contributed by atoms with E-state index in [1.54, 1.807) is 10.6 Å². The van der Waals surface area contributed by atoms with Crippen LogP contribution < -0.4 is 10.9 Å². The largest absolute Gasteiger partial charge is 0.352 e. The molecular weight excluding hydrogens is 288 g/mol. The lowest BCUT2D eigenvalue weighted by molar-refractivity contribution is 0.0952. The van der Waals surface area contributed by atoms with Gasteiger partial charge >= 0.3 is 0 Å². The second-order valence-corrected chi connectivity index (χ2v) is 5.95. The molecule has 3 rings (SSSR count). The Bertz CT molecular complexity index is 763. The zero-order chi connectivity index (χ0) is 16.2. The van der Waals surface area contributed by atoms with Crippen molar-refractivity contribution in [1.82, 2.24) is 9.88 Å². The zero-order valence-corrected chi connectivity index (χ0v) is 13.5. The molecule has 23 heavy (non-hydrogen) atoms. The van der Waals surface area contributed by atoms with Crippen LogP contribution >= 0.6 is 0 Å². The maximum absolute atomic E-state index is 12.8. The average Bonchev–Trinajstić information content (AvgIpc) is 3.05. The van der Waals surface area contributed by atoms with Crippen molar-refractivity contribution in [2.24, 2.45) is 0 Å². The summed E-state index contributed by atoms with van der Waals surface area (Å²) in [6, 6.07) is 11.3. The van der Waals surface area contributed by atoms with Gasteiger partial charge in [-0.05, 0) is 24.8 Å². The molecule has 0 fully saturated rings. The van der Waals surface area contributed by atoms with Crippen molar-refractivity contribution in [3.63, 3.8) is 0 Å². The van der Waals surface area contributed by atoms with Gasteiger partial charge in [0.25, 0.3) is 11.5 Å². The average molecular weight is 310 g/mol. The van der Waals surface area contributed by atoms with Crippen LogP contribution in [0, 0.1) is 0 Å². The predicted octanol–water partition coefficient (Wildman–Crippen LogP) is 2.99. The molecular formula is C19H22N2O2. The van der Waals surface area contributed by atoms with Crippen LogP contribution in [0.25, 0.3) is 11.1 Å². The fraction of sp³-hybridized carbons (Fsp3) is 0.368. The molecule has 0 unspecified atom stereocenters. The second-order valence-electron chi connectivity index (χ2n) is 5.95. The SMILES string of the molecule is CCCCNC(=O)c1c(-c2ccccc2)cc(=O)n2c1CCC2. The standard InChI is InChI=1S/C19H22N2O2/c1-2-3-11-20-19(23)18-15(14-8-5-4-6-9-14)13-17(22)21-12-7-10-16(18)21/h4-6,8-9,13H,2-3,7,10-12H2,1H3,(H,20,23). The summed E-state index contributed by atoms with van der Waals surface area (Å²) in [5.41, 5.74) is 3.20. The number of benzene rings is 1. The van der Waals surface area contributed by atoms with E-state index in [0.717, 1.165) is 42.5 Å². The van der Waals surface area contributed by atoms with E-state index in [-0.39, 0.29) is 11.5 Å². The third kappa shape index (κ3) is 3.07. The smallest absolute Gasteiger partial charge is 0.253 e. The van der Waals surface area contributed by atoms with Crippen LogP contribution in [0.2, 0.25) is 0 Å². The number of hydrogen-bond acceptors (Lipinski definition) is 2. The number of unbranched alkanes of at least 4 members (excludes halogenated alkanes) is 1. The lowest BCUT2D eigenvalue weighted by atomic mass is 9.97. The minimum Gasteiger partial charge on any atom is -0.352 e. The predicted molar refractivity (Wildman–Crippen MR) is 91.7 cm³/mol. The first kappa shape index (κ1) is 15.5. The topological polar surface area (TPSA) is 51.1 Å². The monoisotopic (exact) mass is 310 g/mol.